The maximum atomic E-state index is 13.6. The van der Waals surface area contributed by atoms with Gasteiger partial charge in [-0.2, -0.15) is 0 Å². The predicted octanol–water partition coefficient (Wildman–Crippen LogP) is 4.64. The second kappa shape index (κ2) is 5.31. The van der Waals surface area contributed by atoms with Crippen LogP contribution in [0.5, 0.6) is 11.5 Å². The van der Waals surface area contributed by atoms with E-state index in [9.17, 15) is 13.2 Å². The lowest BCUT2D eigenvalue weighted by Gasteiger charge is -2.09. The average Bonchev–Trinajstić information content (AvgIpc) is 2.33. The van der Waals surface area contributed by atoms with E-state index in [1.807, 2.05) is 0 Å². The van der Waals surface area contributed by atoms with E-state index in [1.54, 1.807) is 0 Å². The zero-order valence-electron chi connectivity index (χ0n) is 9.09. The summed E-state index contributed by atoms with van der Waals surface area (Å²) in [6.07, 6.45) is 0. The van der Waals surface area contributed by atoms with E-state index < -0.39 is 23.2 Å². The maximum absolute atomic E-state index is 13.6. The number of benzene rings is 2. The van der Waals surface area contributed by atoms with Crippen molar-refractivity contribution >= 4 is 11.6 Å². The molecule has 0 N–H and O–H groups in total. The number of ether oxygens (including phenoxy) is 1. The van der Waals surface area contributed by atoms with Gasteiger partial charge in [0.25, 0.3) is 0 Å². The molecule has 18 heavy (non-hydrogen) atoms. The summed E-state index contributed by atoms with van der Waals surface area (Å²) in [5.74, 6) is -2.87. The van der Waals surface area contributed by atoms with E-state index in [4.69, 9.17) is 16.3 Å². The molecule has 0 bridgehead atoms. The maximum Gasteiger partial charge on any atom is 0.198 e. The van der Waals surface area contributed by atoms with Gasteiger partial charge in [-0.05, 0) is 29.8 Å². The molecule has 2 aromatic carbocycles. The molecule has 0 atom stereocenters. The summed E-state index contributed by atoms with van der Waals surface area (Å²) in [4.78, 5) is 0. The average molecular weight is 273 g/mol. The highest BCUT2D eigenvalue weighted by atomic mass is 35.5. The van der Waals surface area contributed by atoms with Gasteiger partial charge in [0.1, 0.15) is 11.6 Å². The smallest absolute Gasteiger partial charge is 0.198 e. The van der Waals surface area contributed by atoms with Crippen molar-refractivity contribution in [2.75, 3.05) is 0 Å². The first-order valence-corrected chi connectivity index (χ1v) is 5.61. The van der Waals surface area contributed by atoms with Crippen LogP contribution in [0.25, 0.3) is 0 Å². The summed E-state index contributed by atoms with van der Waals surface area (Å²) < 4.78 is 45.0. The molecule has 0 radical (unpaired) electrons. The van der Waals surface area contributed by atoms with Crippen molar-refractivity contribution in [1.82, 2.24) is 0 Å². The van der Waals surface area contributed by atoms with Gasteiger partial charge < -0.3 is 4.74 Å². The molecule has 0 fully saturated rings. The fourth-order valence-electron chi connectivity index (χ4n) is 1.44. The van der Waals surface area contributed by atoms with Gasteiger partial charge in [0, 0.05) is 11.9 Å². The quantitative estimate of drug-likeness (QED) is 0.740. The molecule has 94 valence electrons. The van der Waals surface area contributed by atoms with Crippen LogP contribution in [0.3, 0.4) is 0 Å². The minimum Gasteiger partial charge on any atom is -0.451 e. The molecule has 0 amide bonds. The van der Waals surface area contributed by atoms with E-state index in [2.05, 4.69) is 0 Å². The summed E-state index contributed by atoms with van der Waals surface area (Å²) in [7, 11) is 0. The fraction of sp³-hybridized carbons (Fsp3) is 0.0769. The van der Waals surface area contributed by atoms with Gasteiger partial charge >= 0.3 is 0 Å². The standard InChI is InChI=1S/C13H8ClF3O/c14-7-8-4-11(16)13(12(17)5-8)18-10-3-1-2-9(15)6-10/h1-6H,7H2. The number of halogens is 4. The molecule has 0 unspecified atom stereocenters. The Hall–Kier alpha value is -1.68. The summed E-state index contributed by atoms with van der Waals surface area (Å²) in [6.45, 7) is 0. The van der Waals surface area contributed by atoms with Crippen LogP contribution in [-0.4, -0.2) is 0 Å². The molecule has 0 saturated carbocycles. The number of hydrogen-bond donors (Lipinski definition) is 0. The second-order valence-corrected chi connectivity index (χ2v) is 3.85. The first kappa shape index (κ1) is 12.8. The molecule has 0 aliphatic rings. The first-order chi connectivity index (χ1) is 8.60. The number of hydrogen-bond acceptors (Lipinski definition) is 1. The van der Waals surface area contributed by atoms with Crippen molar-refractivity contribution in [3.63, 3.8) is 0 Å². The van der Waals surface area contributed by atoms with Crippen LogP contribution < -0.4 is 4.74 Å². The highest BCUT2D eigenvalue weighted by Crippen LogP contribution is 2.29. The molecule has 0 saturated heterocycles. The van der Waals surface area contributed by atoms with Gasteiger partial charge in [-0.1, -0.05) is 6.07 Å². The molecule has 2 rings (SSSR count). The summed E-state index contributed by atoms with van der Waals surface area (Å²) >= 11 is 5.48. The zero-order valence-corrected chi connectivity index (χ0v) is 9.85. The van der Waals surface area contributed by atoms with E-state index in [-0.39, 0.29) is 11.6 Å². The van der Waals surface area contributed by atoms with Crippen LogP contribution in [0, 0.1) is 17.5 Å². The second-order valence-electron chi connectivity index (χ2n) is 3.58. The number of alkyl halides is 1. The van der Waals surface area contributed by atoms with Gasteiger partial charge in [0.05, 0.1) is 0 Å². The van der Waals surface area contributed by atoms with E-state index >= 15 is 0 Å². The van der Waals surface area contributed by atoms with Gasteiger partial charge in [-0.25, -0.2) is 13.2 Å². The minimum atomic E-state index is -0.880. The van der Waals surface area contributed by atoms with Gasteiger partial charge in [0.15, 0.2) is 17.4 Å². The molecule has 1 nitrogen and oxygen atoms in total. The van der Waals surface area contributed by atoms with Crippen molar-refractivity contribution in [3.8, 4) is 11.5 Å². The molecule has 0 aromatic heterocycles. The molecule has 0 aliphatic heterocycles. The Labute approximate surface area is 107 Å². The van der Waals surface area contributed by atoms with E-state index in [0.29, 0.717) is 5.56 Å². The Morgan fingerprint density at radius 2 is 1.67 bits per heavy atom. The molecular weight excluding hydrogens is 265 g/mol. The van der Waals surface area contributed by atoms with Gasteiger partial charge in [0.2, 0.25) is 0 Å². The van der Waals surface area contributed by atoms with Crippen LogP contribution >= 0.6 is 11.6 Å². The summed E-state index contributed by atoms with van der Waals surface area (Å²) in [5.41, 5.74) is 0.304. The van der Waals surface area contributed by atoms with Crippen molar-refractivity contribution in [2.24, 2.45) is 0 Å². The van der Waals surface area contributed by atoms with Crippen LogP contribution in [0.2, 0.25) is 0 Å². The predicted molar refractivity (Wildman–Crippen MR) is 62.4 cm³/mol. The third-order valence-corrected chi connectivity index (χ3v) is 2.54. The van der Waals surface area contributed by atoms with E-state index in [0.717, 1.165) is 18.2 Å². The Morgan fingerprint density at radius 3 is 2.22 bits per heavy atom. The van der Waals surface area contributed by atoms with Crippen molar-refractivity contribution < 1.29 is 17.9 Å². The molecule has 5 heteroatoms. The van der Waals surface area contributed by atoms with Gasteiger partial charge in [-0.3, -0.25) is 0 Å². The first-order valence-electron chi connectivity index (χ1n) is 5.07. The lowest BCUT2D eigenvalue weighted by atomic mass is 10.2. The van der Waals surface area contributed by atoms with Crippen LogP contribution in [0.15, 0.2) is 36.4 Å². The number of rotatable bonds is 3. The Morgan fingerprint density at radius 1 is 1.00 bits per heavy atom. The monoisotopic (exact) mass is 272 g/mol. The Kier molecular flexibility index (Phi) is 3.77. The third-order valence-electron chi connectivity index (χ3n) is 2.23. The normalized spacial score (nSPS) is 10.4. The van der Waals surface area contributed by atoms with E-state index in [1.165, 1.54) is 18.2 Å². The molecule has 0 heterocycles. The summed E-state index contributed by atoms with van der Waals surface area (Å²) in [5, 5.41) is 0. The summed E-state index contributed by atoms with van der Waals surface area (Å²) in [6, 6.07) is 7.17. The minimum absolute atomic E-state index is 0.00587. The molecule has 0 spiro atoms. The van der Waals surface area contributed by atoms with Crippen LogP contribution in [0.4, 0.5) is 13.2 Å². The fourth-order valence-corrected chi connectivity index (χ4v) is 1.59. The molecule has 2 aromatic rings. The molecule has 0 aliphatic carbocycles. The Bertz CT molecular complexity index is 549. The zero-order chi connectivity index (χ0) is 13.1. The van der Waals surface area contributed by atoms with Gasteiger partial charge in [-0.15, -0.1) is 11.6 Å². The highest BCUT2D eigenvalue weighted by Gasteiger charge is 2.13. The molecular formula is C13H8ClF3O. The highest BCUT2D eigenvalue weighted by molar-refractivity contribution is 6.17. The largest absolute Gasteiger partial charge is 0.451 e. The van der Waals surface area contributed by atoms with Crippen molar-refractivity contribution in [1.29, 1.82) is 0 Å². The third kappa shape index (κ3) is 2.76. The van der Waals surface area contributed by atoms with Crippen LogP contribution in [-0.2, 0) is 5.88 Å². The SMILES string of the molecule is Fc1cccc(Oc2c(F)cc(CCl)cc2F)c1. The van der Waals surface area contributed by atoms with Crippen molar-refractivity contribution in [2.45, 2.75) is 5.88 Å². The van der Waals surface area contributed by atoms with Crippen LogP contribution in [0.1, 0.15) is 5.56 Å². The Balaban J connectivity index is 2.35. The lowest BCUT2D eigenvalue weighted by molar-refractivity contribution is 0.404. The lowest BCUT2D eigenvalue weighted by Crippen LogP contribution is -1.95. The topological polar surface area (TPSA) is 9.23 Å². The van der Waals surface area contributed by atoms with Crippen molar-refractivity contribution in [3.05, 3.63) is 59.4 Å².